The lowest BCUT2D eigenvalue weighted by atomic mass is 9.92. The Bertz CT molecular complexity index is 260. The fraction of sp³-hybridized carbons (Fsp3) is 0.769. The van der Waals surface area contributed by atoms with Crippen molar-refractivity contribution in [2.45, 2.75) is 32.6 Å². The van der Waals surface area contributed by atoms with Crippen molar-refractivity contribution in [3.8, 4) is 0 Å². The highest BCUT2D eigenvalue weighted by Gasteiger charge is 2.22. The van der Waals surface area contributed by atoms with E-state index in [1.165, 1.54) is 44.5 Å². The van der Waals surface area contributed by atoms with Gasteiger partial charge >= 0.3 is 0 Å². The quantitative estimate of drug-likeness (QED) is 0.693. The van der Waals surface area contributed by atoms with E-state index < -0.39 is 0 Å². The fourth-order valence-electron chi connectivity index (χ4n) is 2.52. The Labute approximate surface area is 93.1 Å². The Morgan fingerprint density at radius 2 is 2.13 bits per heavy atom. The van der Waals surface area contributed by atoms with Gasteiger partial charge in [0, 0.05) is 23.7 Å². The van der Waals surface area contributed by atoms with Crippen LogP contribution in [0.5, 0.6) is 0 Å². The van der Waals surface area contributed by atoms with Gasteiger partial charge in [0.2, 0.25) is 0 Å². The second kappa shape index (κ2) is 4.93. The molecule has 1 unspecified atom stereocenters. The van der Waals surface area contributed by atoms with Gasteiger partial charge in [-0.05, 0) is 39.4 Å². The van der Waals surface area contributed by atoms with Crippen LogP contribution < -0.4 is 0 Å². The molecule has 15 heavy (non-hydrogen) atoms. The van der Waals surface area contributed by atoms with E-state index in [0.29, 0.717) is 5.92 Å². The smallest absolute Gasteiger partial charge is 0.0398 e. The highest BCUT2D eigenvalue weighted by atomic mass is 15.1. The third-order valence-corrected chi connectivity index (χ3v) is 3.56. The number of hydrogen-bond donors (Lipinski definition) is 0. The first-order valence-corrected chi connectivity index (χ1v) is 6.24. The molecule has 0 N–H and O–H groups in total. The van der Waals surface area contributed by atoms with Crippen molar-refractivity contribution >= 4 is 6.21 Å². The zero-order chi connectivity index (χ0) is 10.7. The summed E-state index contributed by atoms with van der Waals surface area (Å²) in [6.07, 6.45) is 9.65. The minimum Gasteiger partial charge on any atom is -0.306 e. The lowest BCUT2D eigenvalue weighted by Gasteiger charge is -2.28. The minimum atomic E-state index is 0.629. The maximum Gasteiger partial charge on any atom is 0.0398 e. The average Bonchev–Trinajstić information content (AvgIpc) is 2.68. The number of nitrogens with zero attached hydrogens (tertiary/aromatic N) is 2. The summed E-state index contributed by atoms with van der Waals surface area (Å²) >= 11 is 0. The zero-order valence-electron chi connectivity index (χ0n) is 9.95. The number of aliphatic imine (C=N–C) groups is 1. The van der Waals surface area contributed by atoms with Gasteiger partial charge < -0.3 is 4.90 Å². The minimum absolute atomic E-state index is 0.629. The van der Waals surface area contributed by atoms with Crippen LogP contribution in [-0.4, -0.2) is 31.3 Å². The first-order valence-electron chi connectivity index (χ1n) is 6.24. The fourth-order valence-corrected chi connectivity index (χ4v) is 2.52. The molecule has 1 saturated heterocycles. The Morgan fingerprint density at radius 1 is 1.40 bits per heavy atom. The summed E-state index contributed by atoms with van der Waals surface area (Å²) in [5.74, 6) is 1.36. The summed E-state index contributed by atoms with van der Waals surface area (Å²) in [4.78, 5) is 7.02. The number of piperidine rings is 1. The van der Waals surface area contributed by atoms with Crippen LogP contribution in [-0.2, 0) is 0 Å². The highest BCUT2D eigenvalue weighted by Crippen LogP contribution is 2.29. The summed E-state index contributed by atoms with van der Waals surface area (Å²) in [7, 11) is 2.21. The van der Waals surface area contributed by atoms with Crippen LogP contribution in [0, 0.1) is 11.8 Å². The van der Waals surface area contributed by atoms with Gasteiger partial charge in [0.1, 0.15) is 0 Å². The van der Waals surface area contributed by atoms with E-state index in [2.05, 4.69) is 36.2 Å². The summed E-state index contributed by atoms with van der Waals surface area (Å²) in [6.45, 7) is 4.71. The molecule has 2 nitrogen and oxygen atoms in total. The number of hydrogen-bond acceptors (Lipinski definition) is 2. The average molecular weight is 206 g/mol. The zero-order valence-corrected chi connectivity index (χ0v) is 9.95. The van der Waals surface area contributed by atoms with Gasteiger partial charge in [-0.25, -0.2) is 0 Å². The molecule has 0 aromatic carbocycles. The Morgan fingerprint density at radius 3 is 2.80 bits per heavy atom. The third kappa shape index (κ3) is 2.69. The maximum absolute atomic E-state index is 4.60. The van der Waals surface area contributed by atoms with Crippen LogP contribution in [0.4, 0.5) is 0 Å². The Hall–Kier alpha value is -0.630. The molecule has 84 valence electrons. The molecule has 0 aliphatic carbocycles. The van der Waals surface area contributed by atoms with Gasteiger partial charge in [-0.15, -0.1) is 0 Å². The molecule has 2 aliphatic heterocycles. The maximum atomic E-state index is 4.60. The van der Waals surface area contributed by atoms with Crippen molar-refractivity contribution in [3.63, 3.8) is 0 Å². The molecule has 0 aromatic heterocycles. The van der Waals surface area contributed by atoms with Crippen molar-refractivity contribution in [2.75, 3.05) is 20.1 Å². The summed E-state index contributed by atoms with van der Waals surface area (Å²) < 4.78 is 0. The highest BCUT2D eigenvalue weighted by molar-refractivity contribution is 5.68. The summed E-state index contributed by atoms with van der Waals surface area (Å²) in [6, 6.07) is 0. The van der Waals surface area contributed by atoms with Crippen LogP contribution in [0.3, 0.4) is 0 Å². The molecule has 0 saturated carbocycles. The Balaban J connectivity index is 1.90. The van der Waals surface area contributed by atoms with E-state index in [1.807, 2.05) is 0 Å². The lowest BCUT2D eigenvalue weighted by molar-refractivity contribution is 0.237. The van der Waals surface area contributed by atoms with E-state index in [-0.39, 0.29) is 0 Å². The van der Waals surface area contributed by atoms with Crippen LogP contribution in [0.25, 0.3) is 0 Å². The van der Waals surface area contributed by atoms with Crippen molar-refractivity contribution in [2.24, 2.45) is 16.8 Å². The second-order valence-corrected chi connectivity index (χ2v) is 4.90. The van der Waals surface area contributed by atoms with E-state index in [4.69, 9.17) is 0 Å². The summed E-state index contributed by atoms with van der Waals surface area (Å²) in [5, 5.41) is 0. The molecule has 0 spiro atoms. The predicted octanol–water partition coefficient (Wildman–Crippen LogP) is 2.71. The molecule has 2 heterocycles. The molecule has 2 aliphatic rings. The molecule has 0 radical (unpaired) electrons. The van der Waals surface area contributed by atoms with Crippen LogP contribution in [0.2, 0.25) is 0 Å². The normalized spacial score (nSPS) is 28.4. The molecule has 1 atom stereocenters. The van der Waals surface area contributed by atoms with Gasteiger partial charge in [-0.2, -0.15) is 0 Å². The standard InChI is InChI=1S/C13H22N2/c1-3-4-11-9-13(14-10-11)12-5-7-15(2)8-6-12/h9-12H,3-8H2,1-2H3. The predicted molar refractivity (Wildman–Crippen MR) is 65.2 cm³/mol. The molecular weight excluding hydrogens is 184 g/mol. The third-order valence-electron chi connectivity index (χ3n) is 3.56. The largest absolute Gasteiger partial charge is 0.306 e. The molecule has 0 aromatic rings. The number of likely N-dealkylation sites (tertiary alicyclic amines) is 1. The number of rotatable bonds is 3. The number of allylic oxidation sites excluding steroid dienone is 2. The van der Waals surface area contributed by atoms with Crippen LogP contribution in [0.15, 0.2) is 16.8 Å². The summed E-state index contributed by atoms with van der Waals surface area (Å²) in [5.41, 5.74) is 1.38. The second-order valence-electron chi connectivity index (χ2n) is 4.90. The van der Waals surface area contributed by atoms with Gasteiger partial charge in [-0.1, -0.05) is 19.4 Å². The van der Waals surface area contributed by atoms with E-state index in [0.717, 1.165) is 5.92 Å². The molecular formula is C13H22N2. The SMILES string of the molecule is CCCC1C=NC(C2CCN(C)CC2)=C1. The van der Waals surface area contributed by atoms with Crippen molar-refractivity contribution < 1.29 is 0 Å². The van der Waals surface area contributed by atoms with Crippen LogP contribution in [0.1, 0.15) is 32.6 Å². The van der Waals surface area contributed by atoms with Crippen LogP contribution >= 0.6 is 0 Å². The first kappa shape index (κ1) is 10.9. The molecule has 2 rings (SSSR count). The van der Waals surface area contributed by atoms with Crippen molar-refractivity contribution in [1.29, 1.82) is 0 Å². The van der Waals surface area contributed by atoms with E-state index >= 15 is 0 Å². The van der Waals surface area contributed by atoms with Crippen molar-refractivity contribution in [3.05, 3.63) is 11.8 Å². The van der Waals surface area contributed by atoms with E-state index in [1.54, 1.807) is 0 Å². The lowest BCUT2D eigenvalue weighted by Crippen LogP contribution is -2.30. The Kier molecular flexibility index (Phi) is 3.57. The van der Waals surface area contributed by atoms with E-state index in [9.17, 15) is 0 Å². The molecule has 1 fully saturated rings. The topological polar surface area (TPSA) is 15.6 Å². The van der Waals surface area contributed by atoms with Gasteiger partial charge in [0.05, 0.1) is 0 Å². The monoisotopic (exact) mass is 206 g/mol. The molecule has 2 heteroatoms. The van der Waals surface area contributed by atoms with Crippen molar-refractivity contribution in [1.82, 2.24) is 4.90 Å². The van der Waals surface area contributed by atoms with Gasteiger partial charge in [0.15, 0.2) is 0 Å². The molecule has 0 amide bonds. The first-order chi connectivity index (χ1) is 7.29. The van der Waals surface area contributed by atoms with Gasteiger partial charge in [0.25, 0.3) is 0 Å². The molecule has 0 bridgehead atoms. The van der Waals surface area contributed by atoms with Gasteiger partial charge in [-0.3, -0.25) is 4.99 Å².